The first-order valence-electron chi connectivity index (χ1n) is 8.80. The molecule has 28 heavy (non-hydrogen) atoms. The van der Waals surface area contributed by atoms with Gasteiger partial charge in [0.1, 0.15) is 11.3 Å². The van der Waals surface area contributed by atoms with E-state index in [2.05, 4.69) is 0 Å². The Morgan fingerprint density at radius 3 is 2.39 bits per heavy atom. The average molecular weight is 401 g/mol. The third-order valence-corrected chi connectivity index (χ3v) is 5.61. The minimum atomic E-state index is -3.35. The molecule has 1 aromatic heterocycles. The summed E-state index contributed by atoms with van der Waals surface area (Å²) in [6.07, 6.45) is 1.15. The Kier molecular flexibility index (Phi) is 5.47. The number of furan rings is 1. The second-order valence-corrected chi connectivity index (χ2v) is 8.98. The maximum Gasteiger partial charge on any atom is 0.290 e. The van der Waals surface area contributed by atoms with Crippen LogP contribution in [0.15, 0.2) is 52.9 Å². The number of hydrogen-bond acceptors (Lipinski definition) is 5. The van der Waals surface area contributed by atoms with Crippen molar-refractivity contribution in [3.63, 3.8) is 0 Å². The number of carbonyl (C=O) groups excluding carboxylic acids is 1. The number of carbonyl (C=O) groups is 1. The van der Waals surface area contributed by atoms with Crippen LogP contribution in [0, 0.1) is 0 Å². The Morgan fingerprint density at radius 1 is 1.14 bits per heavy atom. The molecule has 0 bridgehead atoms. The summed E-state index contributed by atoms with van der Waals surface area (Å²) >= 11 is 0. The molecule has 3 aromatic rings. The van der Waals surface area contributed by atoms with E-state index in [1.54, 1.807) is 43.3 Å². The van der Waals surface area contributed by atoms with Gasteiger partial charge in [0, 0.05) is 24.3 Å². The van der Waals surface area contributed by atoms with E-state index in [9.17, 15) is 13.2 Å². The second kappa shape index (κ2) is 7.67. The smallest absolute Gasteiger partial charge is 0.290 e. The van der Waals surface area contributed by atoms with Crippen LogP contribution in [0.2, 0.25) is 0 Å². The van der Waals surface area contributed by atoms with Crippen LogP contribution in [0.5, 0.6) is 5.75 Å². The van der Waals surface area contributed by atoms with Crippen LogP contribution in [0.3, 0.4) is 0 Å². The second-order valence-electron chi connectivity index (χ2n) is 6.84. The highest BCUT2D eigenvalue weighted by Gasteiger charge is 2.28. The van der Waals surface area contributed by atoms with Gasteiger partial charge in [-0.3, -0.25) is 4.79 Å². The monoisotopic (exact) mass is 401 g/mol. The number of nitrogens with zero attached hydrogens (tertiary/aromatic N) is 1. The van der Waals surface area contributed by atoms with E-state index >= 15 is 0 Å². The number of para-hydroxylation sites is 1. The van der Waals surface area contributed by atoms with Gasteiger partial charge in [-0.25, -0.2) is 8.42 Å². The topological polar surface area (TPSA) is 76.8 Å². The molecular weight excluding hydrogens is 378 g/mol. The number of hydrogen-bond donors (Lipinski definition) is 0. The predicted octanol–water partition coefficient (Wildman–Crippen LogP) is 3.82. The zero-order valence-electron chi connectivity index (χ0n) is 16.3. The highest BCUT2D eigenvalue weighted by molar-refractivity contribution is 7.89. The van der Waals surface area contributed by atoms with Crippen molar-refractivity contribution in [2.24, 2.45) is 0 Å². The number of methoxy groups -OCH3 is 1. The SMILES string of the molecule is COc1ccc(C(C)N(C)C(=O)c2oc3ccccc3c2CS(C)(=O)=O)cc1. The molecule has 0 aliphatic carbocycles. The summed E-state index contributed by atoms with van der Waals surface area (Å²) in [6, 6.07) is 14.3. The van der Waals surface area contributed by atoms with E-state index in [0.717, 1.165) is 17.6 Å². The summed E-state index contributed by atoms with van der Waals surface area (Å²) in [5.74, 6) is 0.181. The fraction of sp³-hybridized carbons (Fsp3) is 0.286. The van der Waals surface area contributed by atoms with E-state index in [1.807, 2.05) is 31.2 Å². The zero-order valence-corrected chi connectivity index (χ0v) is 17.1. The number of rotatable bonds is 6. The van der Waals surface area contributed by atoms with E-state index in [-0.39, 0.29) is 23.5 Å². The molecule has 7 heteroatoms. The van der Waals surface area contributed by atoms with Gasteiger partial charge in [-0.1, -0.05) is 30.3 Å². The maximum atomic E-state index is 13.2. The van der Waals surface area contributed by atoms with E-state index in [1.165, 1.54) is 0 Å². The molecule has 0 saturated heterocycles. The summed E-state index contributed by atoms with van der Waals surface area (Å²) < 4.78 is 34.8. The number of amides is 1. The lowest BCUT2D eigenvalue weighted by atomic mass is 10.1. The number of sulfone groups is 1. The van der Waals surface area contributed by atoms with E-state index in [4.69, 9.17) is 9.15 Å². The largest absolute Gasteiger partial charge is 0.497 e. The molecular formula is C21H23NO5S. The van der Waals surface area contributed by atoms with Crippen LogP contribution in [-0.2, 0) is 15.6 Å². The lowest BCUT2D eigenvalue weighted by Gasteiger charge is -2.25. The van der Waals surface area contributed by atoms with Crippen molar-refractivity contribution in [2.45, 2.75) is 18.7 Å². The molecule has 0 spiro atoms. The Balaban J connectivity index is 1.98. The van der Waals surface area contributed by atoms with E-state index < -0.39 is 9.84 Å². The predicted molar refractivity (Wildman–Crippen MR) is 108 cm³/mol. The van der Waals surface area contributed by atoms with Crippen molar-refractivity contribution in [1.82, 2.24) is 4.90 Å². The summed E-state index contributed by atoms with van der Waals surface area (Å²) in [5.41, 5.74) is 1.82. The molecule has 1 amide bonds. The molecule has 0 saturated carbocycles. The van der Waals surface area contributed by atoms with Gasteiger partial charge in [0.05, 0.1) is 18.9 Å². The molecule has 0 aliphatic rings. The van der Waals surface area contributed by atoms with Crippen molar-refractivity contribution in [3.05, 3.63) is 65.4 Å². The first-order chi connectivity index (χ1) is 13.2. The number of ether oxygens (including phenoxy) is 1. The lowest BCUT2D eigenvalue weighted by Crippen LogP contribution is -2.30. The normalized spacial score (nSPS) is 12.7. The van der Waals surface area contributed by atoms with Crippen LogP contribution in [0.1, 0.15) is 34.6 Å². The third-order valence-electron chi connectivity index (χ3n) is 4.80. The molecule has 0 fully saturated rings. The van der Waals surface area contributed by atoms with Crippen molar-refractivity contribution < 1.29 is 22.4 Å². The average Bonchev–Trinajstić information content (AvgIpc) is 3.03. The van der Waals surface area contributed by atoms with Gasteiger partial charge in [-0.15, -0.1) is 0 Å². The minimum Gasteiger partial charge on any atom is -0.497 e. The third kappa shape index (κ3) is 4.04. The molecule has 6 nitrogen and oxygen atoms in total. The maximum absolute atomic E-state index is 13.2. The summed E-state index contributed by atoms with van der Waals surface area (Å²) in [4.78, 5) is 14.7. The van der Waals surface area contributed by atoms with Crippen LogP contribution >= 0.6 is 0 Å². The molecule has 2 aromatic carbocycles. The standard InChI is InChI=1S/C21H23NO5S/c1-14(15-9-11-16(26-3)12-10-15)22(2)21(23)20-18(13-28(4,24)25)17-7-5-6-8-19(17)27-20/h5-12,14H,13H2,1-4H3. The number of fused-ring (bicyclic) bond motifs is 1. The van der Waals surface area contributed by atoms with Crippen molar-refractivity contribution in [1.29, 1.82) is 0 Å². The van der Waals surface area contributed by atoms with Crippen LogP contribution < -0.4 is 4.74 Å². The van der Waals surface area contributed by atoms with Gasteiger partial charge in [-0.2, -0.15) is 0 Å². The first kappa shape index (κ1) is 19.9. The van der Waals surface area contributed by atoms with Crippen LogP contribution in [0.4, 0.5) is 0 Å². The summed E-state index contributed by atoms with van der Waals surface area (Å²) in [7, 11) is -0.0736. The first-order valence-corrected chi connectivity index (χ1v) is 10.9. The highest BCUT2D eigenvalue weighted by atomic mass is 32.2. The number of benzene rings is 2. The Labute approximate surface area is 164 Å². The van der Waals surface area contributed by atoms with Gasteiger partial charge >= 0.3 is 0 Å². The van der Waals surface area contributed by atoms with Crippen LogP contribution in [0.25, 0.3) is 11.0 Å². The Bertz CT molecular complexity index is 1100. The molecule has 0 aliphatic heterocycles. The molecule has 0 radical (unpaired) electrons. The molecule has 1 unspecified atom stereocenters. The molecule has 148 valence electrons. The van der Waals surface area contributed by atoms with Crippen molar-refractivity contribution in [3.8, 4) is 5.75 Å². The van der Waals surface area contributed by atoms with Crippen molar-refractivity contribution in [2.75, 3.05) is 20.4 Å². The van der Waals surface area contributed by atoms with Gasteiger partial charge in [-0.05, 0) is 30.7 Å². The Morgan fingerprint density at radius 2 is 1.79 bits per heavy atom. The Hall–Kier alpha value is -2.80. The molecule has 3 rings (SSSR count). The summed E-state index contributed by atoms with van der Waals surface area (Å²) in [5, 5.41) is 0.641. The molecule has 1 heterocycles. The van der Waals surface area contributed by atoms with Gasteiger partial charge < -0.3 is 14.1 Å². The van der Waals surface area contributed by atoms with Gasteiger partial charge in [0.15, 0.2) is 15.6 Å². The fourth-order valence-corrected chi connectivity index (χ4v) is 3.93. The molecule has 1 atom stereocenters. The zero-order chi connectivity index (χ0) is 20.5. The van der Waals surface area contributed by atoms with Crippen LogP contribution in [-0.4, -0.2) is 39.6 Å². The summed E-state index contributed by atoms with van der Waals surface area (Å²) in [6.45, 7) is 1.90. The molecule has 0 N–H and O–H groups in total. The van der Waals surface area contributed by atoms with Crippen molar-refractivity contribution >= 4 is 26.7 Å². The lowest BCUT2D eigenvalue weighted by molar-refractivity contribution is 0.0711. The van der Waals surface area contributed by atoms with Gasteiger partial charge in [0.2, 0.25) is 0 Å². The quantitative estimate of drug-likeness (QED) is 0.628. The minimum absolute atomic E-state index is 0.0643. The van der Waals surface area contributed by atoms with E-state index in [0.29, 0.717) is 16.5 Å². The fourth-order valence-electron chi connectivity index (χ4n) is 3.12. The highest BCUT2D eigenvalue weighted by Crippen LogP contribution is 2.30. The van der Waals surface area contributed by atoms with Gasteiger partial charge in [0.25, 0.3) is 5.91 Å².